The largest absolute Gasteiger partial charge is 0.351 e. The van der Waals surface area contributed by atoms with E-state index in [2.05, 4.69) is 10.6 Å². The van der Waals surface area contributed by atoms with E-state index in [4.69, 9.17) is 5.73 Å². The number of rotatable bonds is 9. The third kappa shape index (κ3) is 6.36. The van der Waals surface area contributed by atoms with Crippen LogP contribution in [0.15, 0.2) is 30.3 Å². The van der Waals surface area contributed by atoms with Crippen molar-refractivity contribution in [1.29, 1.82) is 0 Å². The van der Waals surface area contributed by atoms with E-state index in [1.54, 1.807) is 11.8 Å². The maximum atomic E-state index is 12.7. The monoisotopic (exact) mass is 363 g/mol. The van der Waals surface area contributed by atoms with Gasteiger partial charge in [0.2, 0.25) is 11.8 Å². The van der Waals surface area contributed by atoms with E-state index < -0.39 is 6.04 Å². The summed E-state index contributed by atoms with van der Waals surface area (Å²) >= 11 is 1.67. The number of thioether (sulfide) groups is 1. The molecule has 6 heteroatoms. The van der Waals surface area contributed by atoms with Crippen LogP contribution in [0.2, 0.25) is 0 Å². The van der Waals surface area contributed by atoms with Gasteiger partial charge in [-0.1, -0.05) is 36.8 Å². The third-order valence-corrected chi connectivity index (χ3v) is 5.40. The number of amides is 2. The van der Waals surface area contributed by atoms with Crippen LogP contribution < -0.4 is 16.4 Å². The summed E-state index contributed by atoms with van der Waals surface area (Å²) in [5.41, 5.74) is 6.75. The molecule has 1 fully saturated rings. The fourth-order valence-electron chi connectivity index (χ4n) is 3.32. The van der Waals surface area contributed by atoms with Crippen LogP contribution in [-0.2, 0) is 16.0 Å². The maximum absolute atomic E-state index is 12.7. The third-order valence-electron chi connectivity index (χ3n) is 4.76. The van der Waals surface area contributed by atoms with Crippen molar-refractivity contribution in [1.82, 2.24) is 10.6 Å². The highest BCUT2D eigenvalue weighted by Gasteiger charge is 2.30. The summed E-state index contributed by atoms with van der Waals surface area (Å²) in [6, 6.07) is 9.23. The van der Waals surface area contributed by atoms with Crippen molar-refractivity contribution in [3.8, 4) is 0 Å². The number of nitrogens with one attached hydrogen (secondary N) is 2. The number of hydrogen-bond acceptors (Lipinski definition) is 4. The van der Waals surface area contributed by atoms with Crippen LogP contribution in [0.1, 0.15) is 31.2 Å². The Balaban J connectivity index is 1.92. The maximum Gasteiger partial charge on any atom is 0.242 e. The zero-order chi connectivity index (χ0) is 18.1. The summed E-state index contributed by atoms with van der Waals surface area (Å²) in [5.74, 6) is 0.981. The SMILES string of the molecule is CSCCC(NC(=O)Cc1ccccc1)C(=O)NC1CCCC1CN. The Morgan fingerprint density at radius 2 is 2.04 bits per heavy atom. The quantitative estimate of drug-likeness (QED) is 0.624. The predicted octanol–water partition coefficient (Wildman–Crippen LogP) is 1.71. The molecule has 2 amide bonds. The molecule has 0 heterocycles. The van der Waals surface area contributed by atoms with Crippen molar-refractivity contribution in [3.63, 3.8) is 0 Å². The molecule has 2 rings (SSSR count). The molecule has 3 atom stereocenters. The first-order chi connectivity index (χ1) is 12.1. The lowest BCUT2D eigenvalue weighted by atomic mass is 10.0. The van der Waals surface area contributed by atoms with Gasteiger partial charge in [0.15, 0.2) is 0 Å². The smallest absolute Gasteiger partial charge is 0.242 e. The molecule has 0 radical (unpaired) electrons. The van der Waals surface area contributed by atoms with Crippen LogP contribution in [0.25, 0.3) is 0 Å². The second-order valence-electron chi connectivity index (χ2n) is 6.61. The standard InChI is InChI=1S/C19H29N3O2S/c1-25-11-10-17(19(24)22-16-9-5-8-15(16)13-20)21-18(23)12-14-6-3-2-4-7-14/h2-4,6-7,15-17H,5,8-13,20H2,1H3,(H,21,23)(H,22,24). The van der Waals surface area contributed by atoms with Gasteiger partial charge in [-0.3, -0.25) is 9.59 Å². The molecule has 0 saturated heterocycles. The first-order valence-electron chi connectivity index (χ1n) is 8.96. The van der Waals surface area contributed by atoms with Crippen LogP contribution in [0.4, 0.5) is 0 Å². The van der Waals surface area contributed by atoms with Gasteiger partial charge in [-0.2, -0.15) is 11.8 Å². The Kier molecular flexibility index (Phi) is 8.28. The highest BCUT2D eigenvalue weighted by atomic mass is 32.2. The van der Waals surface area contributed by atoms with Crippen molar-refractivity contribution in [2.24, 2.45) is 11.7 Å². The van der Waals surface area contributed by atoms with E-state index in [1.807, 2.05) is 36.6 Å². The van der Waals surface area contributed by atoms with E-state index in [-0.39, 0.29) is 17.9 Å². The summed E-state index contributed by atoms with van der Waals surface area (Å²) in [6.07, 6.45) is 6.06. The number of benzene rings is 1. The molecule has 1 aromatic rings. The zero-order valence-electron chi connectivity index (χ0n) is 14.9. The Bertz CT molecular complexity index is 553. The van der Waals surface area contributed by atoms with Gasteiger partial charge in [-0.15, -0.1) is 0 Å². The first kappa shape index (κ1) is 19.8. The molecular weight excluding hydrogens is 334 g/mol. The van der Waals surface area contributed by atoms with Gasteiger partial charge in [0.25, 0.3) is 0 Å². The second kappa shape index (κ2) is 10.5. The minimum Gasteiger partial charge on any atom is -0.351 e. The van der Waals surface area contributed by atoms with E-state index >= 15 is 0 Å². The Morgan fingerprint density at radius 1 is 1.28 bits per heavy atom. The Morgan fingerprint density at radius 3 is 2.72 bits per heavy atom. The molecule has 0 aromatic heterocycles. The molecule has 138 valence electrons. The molecule has 25 heavy (non-hydrogen) atoms. The number of nitrogens with two attached hydrogens (primary N) is 1. The average Bonchev–Trinajstić information content (AvgIpc) is 3.06. The first-order valence-corrected chi connectivity index (χ1v) is 10.4. The number of carbonyl (C=O) groups excluding carboxylic acids is 2. The van der Waals surface area contributed by atoms with Gasteiger partial charge >= 0.3 is 0 Å². The Hall–Kier alpha value is -1.53. The minimum atomic E-state index is -0.484. The fraction of sp³-hybridized carbons (Fsp3) is 0.579. The van der Waals surface area contributed by atoms with E-state index in [0.717, 1.165) is 30.6 Å². The van der Waals surface area contributed by atoms with E-state index in [9.17, 15) is 9.59 Å². The molecule has 1 saturated carbocycles. The predicted molar refractivity (Wildman–Crippen MR) is 103 cm³/mol. The topological polar surface area (TPSA) is 84.2 Å². The van der Waals surface area contributed by atoms with E-state index in [0.29, 0.717) is 25.3 Å². The van der Waals surface area contributed by atoms with Crippen molar-refractivity contribution in [3.05, 3.63) is 35.9 Å². The molecule has 5 nitrogen and oxygen atoms in total. The highest BCUT2D eigenvalue weighted by Crippen LogP contribution is 2.24. The van der Waals surface area contributed by atoms with Crippen molar-refractivity contribution < 1.29 is 9.59 Å². The average molecular weight is 364 g/mol. The number of hydrogen-bond donors (Lipinski definition) is 3. The fourth-order valence-corrected chi connectivity index (χ4v) is 3.79. The van der Waals surface area contributed by atoms with Gasteiger partial charge in [0.05, 0.1) is 6.42 Å². The molecule has 0 spiro atoms. The second-order valence-corrected chi connectivity index (χ2v) is 7.59. The summed E-state index contributed by atoms with van der Waals surface area (Å²) in [5, 5.41) is 6.03. The molecule has 3 unspecified atom stereocenters. The lowest BCUT2D eigenvalue weighted by Gasteiger charge is -2.24. The van der Waals surface area contributed by atoms with Crippen LogP contribution in [0.5, 0.6) is 0 Å². The Labute approximate surface area is 154 Å². The van der Waals surface area contributed by atoms with Crippen molar-refractivity contribution >= 4 is 23.6 Å². The van der Waals surface area contributed by atoms with Gasteiger partial charge in [-0.05, 0) is 49.3 Å². The summed E-state index contributed by atoms with van der Waals surface area (Å²) in [6.45, 7) is 0.598. The van der Waals surface area contributed by atoms with Gasteiger partial charge in [0, 0.05) is 6.04 Å². The van der Waals surface area contributed by atoms with Crippen LogP contribution in [-0.4, -0.2) is 42.5 Å². The van der Waals surface area contributed by atoms with Gasteiger partial charge < -0.3 is 16.4 Å². The molecule has 0 aliphatic heterocycles. The molecular formula is C19H29N3O2S. The normalized spacial score (nSPS) is 20.9. The van der Waals surface area contributed by atoms with Crippen LogP contribution in [0.3, 0.4) is 0 Å². The molecule has 0 bridgehead atoms. The van der Waals surface area contributed by atoms with Gasteiger partial charge in [0.1, 0.15) is 6.04 Å². The van der Waals surface area contributed by atoms with Gasteiger partial charge in [-0.25, -0.2) is 0 Å². The number of carbonyl (C=O) groups is 2. The zero-order valence-corrected chi connectivity index (χ0v) is 15.7. The van der Waals surface area contributed by atoms with Crippen molar-refractivity contribution in [2.75, 3.05) is 18.6 Å². The van der Waals surface area contributed by atoms with E-state index in [1.165, 1.54) is 0 Å². The lowest BCUT2D eigenvalue weighted by molar-refractivity contribution is -0.129. The van der Waals surface area contributed by atoms with Crippen LogP contribution >= 0.6 is 11.8 Å². The summed E-state index contributed by atoms with van der Waals surface area (Å²) in [7, 11) is 0. The van der Waals surface area contributed by atoms with Crippen LogP contribution in [0, 0.1) is 5.92 Å². The molecule has 4 N–H and O–H groups in total. The molecule has 1 aliphatic rings. The summed E-state index contributed by atoms with van der Waals surface area (Å²) in [4.78, 5) is 25.0. The molecule has 1 aliphatic carbocycles. The summed E-state index contributed by atoms with van der Waals surface area (Å²) < 4.78 is 0. The van der Waals surface area contributed by atoms with Crippen molar-refractivity contribution in [2.45, 2.75) is 44.2 Å². The minimum absolute atomic E-state index is 0.0826. The highest BCUT2D eigenvalue weighted by molar-refractivity contribution is 7.98. The lowest BCUT2D eigenvalue weighted by Crippen LogP contribution is -2.51. The molecule has 1 aromatic carbocycles.